The standard InChI is InChI=1S/C16H26N2O5S/c1-24(22,23)17-8-4-6-12(10-17)15(19)18-13-7-3-2-5-11(13)9-14(18)16(20)21/h11-14H,2-10H2,1H3,(H,20,21)/t11-,12+,13+,14+/m1/s1. The maximum atomic E-state index is 13.1. The molecule has 24 heavy (non-hydrogen) atoms. The molecule has 0 unspecified atom stereocenters. The molecule has 3 aliphatic rings. The van der Waals surface area contributed by atoms with Crippen LogP contribution in [0.2, 0.25) is 0 Å². The normalized spacial score (nSPS) is 34.8. The van der Waals surface area contributed by atoms with Crippen LogP contribution in [-0.4, -0.2) is 66.0 Å². The minimum atomic E-state index is -3.32. The van der Waals surface area contributed by atoms with E-state index in [1.54, 1.807) is 4.90 Å². The number of hydrogen-bond donors (Lipinski definition) is 1. The van der Waals surface area contributed by atoms with E-state index in [9.17, 15) is 23.1 Å². The van der Waals surface area contributed by atoms with Gasteiger partial charge >= 0.3 is 5.97 Å². The average molecular weight is 358 g/mol. The number of fused-ring (bicyclic) bond motifs is 1. The van der Waals surface area contributed by atoms with Gasteiger partial charge in [-0.2, -0.15) is 0 Å². The molecule has 0 aromatic rings. The summed E-state index contributed by atoms with van der Waals surface area (Å²) in [5, 5.41) is 9.56. The molecule has 0 aromatic heterocycles. The van der Waals surface area contributed by atoms with Gasteiger partial charge in [0.05, 0.1) is 12.2 Å². The lowest BCUT2D eigenvalue weighted by atomic mass is 9.84. The maximum Gasteiger partial charge on any atom is 0.326 e. The van der Waals surface area contributed by atoms with E-state index in [2.05, 4.69) is 0 Å². The highest BCUT2D eigenvalue weighted by atomic mass is 32.2. The van der Waals surface area contributed by atoms with Crippen LogP contribution in [0.1, 0.15) is 44.9 Å². The van der Waals surface area contributed by atoms with E-state index in [0.717, 1.165) is 31.9 Å². The molecule has 0 spiro atoms. The second-order valence-corrected chi connectivity index (χ2v) is 9.39. The Morgan fingerprint density at radius 2 is 1.79 bits per heavy atom. The zero-order valence-corrected chi connectivity index (χ0v) is 14.9. The summed E-state index contributed by atoms with van der Waals surface area (Å²) in [5.41, 5.74) is 0. The highest BCUT2D eigenvalue weighted by Crippen LogP contribution is 2.41. The van der Waals surface area contributed by atoms with E-state index < -0.39 is 28.0 Å². The molecular formula is C16H26N2O5S. The number of carbonyl (C=O) groups is 2. The quantitative estimate of drug-likeness (QED) is 0.809. The molecule has 8 heteroatoms. The number of piperidine rings is 1. The SMILES string of the molecule is CS(=O)(=O)N1CCC[C@H](C(=O)N2[C@H](C(=O)O)C[C@H]3CCCC[C@@H]32)C1. The molecule has 0 radical (unpaired) electrons. The van der Waals surface area contributed by atoms with Crippen molar-refractivity contribution in [2.75, 3.05) is 19.3 Å². The molecule has 2 aliphatic heterocycles. The minimum absolute atomic E-state index is 0.0148. The van der Waals surface area contributed by atoms with Crippen LogP contribution in [0.25, 0.3) is 0 Å². The largest absolute Gasteiger partial charge is 0.480 e. The zero-order chi connectivity index (χ0) is 17.5. The number of carboxylic acids is 1. The molecule has 2 heterocycles. The van der Waals surface area contributed by atoms with E-state index in [4.69, 9.17) is 0 Å². The molecule has 7 nitrogen and oxygen atoms in total. The van der Waals surface area contributed by atoms with Gasteiger partial charge in [0.2, 0.25) is 15.9 Å². The van der Waals surface area contributed by atoms with Crippen molar-refractivity contribution in [1.82, 2.24) is 9.21 Å². The van der Waals surface area contributed by atoms with Crippen molar-refractivity contribution in [3.63, 3.8) is 0 Å². The van der Waals surface area contributed by atoms with Crippen LogP contribution in [0.5, 0.6) is 0 Å². The van der Waals surface area contributed by atoms with Crippen LogP contribution >= 0.6 is 0 Å². The summed E-state index contributed by atoms with van der Waals surface area (Å²) in [7, 11) is -3.32. The van der Waals surface area contributed by atoms with Crippen LogP contribution in [0.15, 0.2) is 0 Å². The first-order chi connectivity index (χ1) is 11.3. The number of amides is 1. The maximum absolute atomic E-state index is 13.1. The lowest BCUT2D eigenvalue weighted by Gasteiger charge is -2.38. The second-order valence-electron chi connectivity index (χ2n) is 7.41. The number of carbonyl (C=O) groups excluding carboxylic acids is 1. The Morgan fingerprint density at radius 1 is 1.08 bits per heavy atom. The molecule has 0 bridgehead atoms. The van der Waals surface area contributed by atoms with Gasteiger partial charge in [-0.1, -0.05) is 12.8 Å². The van der Waals surface area contributed by atoms with Crippen LogP contribution in [0, 0.1) is 11.8 Å². The number of sulfonamides is 1. The van der Waals surface area contributed by atoms with Crippen molar-refractivity contribution < 1.29 is 23.1 Å². The lowest BCUT2D eigenvalue weighted by Crippen LogP contribution is -2.52. The second kappa shape index (κ2) is 6.63. The summed E-state index contributed by atoms with van der Waals surface area (Å²) >= 11 is 0. The number of hydrogen-bond acceptors (Lipinski definition) is 4. The molecule has 3 rings (SSSR count). The van der Waals surface area contributed by atoms with Crippen LogP contribution in [-0.2, 0) is 19.6 Å². The van der Waals surface area contributed by atoms with E-state index in [0.29, 0.717) is 25.8 Å². The number of likely N-dealkylation sites (tertiary alicyclic amines) is 1. The first-order valence-corrected chi connectivity index (χ1v) is 10.6. The Labute approximate surface area is 143 Å². The van der Waals surface area contributed by atoms with Crippen molar-refractivity contribution in [3.8, 4) is 0 Å². The fourth-order valence-electron chi connectivity index (χ4n) is 4.65. The van der Waals surface area contributed by atoms with Gasteiger partial charge in [0.1, 0.15) is 6.04 Å². The van der Waals surface area contributed by atoms with Gasteiger partial charge < -0.3 is 10.0 Å². The molecule has 3 fully saturated rings. The van der Waals surface area contributed by atoms with Crippen molar-refractivity contribution in [3.05, 3.63) is 0 Å². The zero-order valence-electron chi connectivity index (χ0n) is 14.1. The van der Waals surface area contributed by atoms with Gasteiger partial charge in [0.25, 0.3) is 0 Å². The minimum Gasteiger partial charge on any atom is -0.480 e. The fraction of sp³-hybridized carbons (Fsp3) is 0.875. The summed E-state index contributed by atoms with van der Waals surface area (Å²) in [5.74, 6) is -1.24. The predicted molar refractivity (Wildman–Crippen MR) is 87.8 cm³/mol. The molecule has 1 amide bonds. The molecule has 0 aromatic carbocycles. The molecular weight excluding hydrogens is 332 g/mol. The van der Waals surface area contributed by atoms with E-state index in [-0.39, 0.29) is 24.4 Å². The third kappa shape index (κ3) is 3.31. The molecule has 2 saturated heterocycles. The monoisotopic (exact) mass is 358 g/mol. The Bertz CT molecular complexity index is 620. The number of rotatable bonds is 3. The highest BCUT2D eigenvalue weighted by molar-refractivity contribution is 7.88. The fourth-order valence-corrected chi connectivity index (χ4v) is 5.57. The van der Waals surface area contributed by atoms with Gasteiger partial charge in [-0.25, -0.2) is 17.5 Å². The predicted octanol–water partition coefficient (Wildman–Crippen LogP) is 0.902. The molecule has 1 N–H and O–H groups in total. The van der Waals surface area contributed by atoms with Gasteiger partial charge in [-0.15, -0.1) is 0 Å². The van der Waals surface area contributed by atoms with Crippen LogP contribution in [0.3, 0.4) is 0 Å². The summed E-state index contributed by atoms with van der Waals surface area (Å²) in [6.45, 7) is 0.620. The van der Waals surface area contributed by atoms with Crippen LogP contribution < -0.4 is 0 Å². The first kappa shape index (κ1) is 17.7. The Kier molecular flexibility index (Phi) is 4.88. The van der Waals surface area contributed by atoms with E-state index >= 15 is 0 Å². The topological polar surface area (TPSA) is 95.0 Å². The van der Waals surface area contributed by atoms with Crippen molar-refractivity contribution in [2.24, 2.45) is 11.8 Å². The van der Waals surface area contributed by atoms with Gasteiger partial charge in [0, 0.05) is 19.1 Å². The van der Waals surface area contributed by atoms with Crippen molar-refractivity contribution >= 4 is 21.9 Å². The van der Waals surface area contributed by atoms with Crippen molar-refractivity contribution in [1.29, 1.82) is 0 Å². The van der Waals surface area contributed by atoms with E-state index in [1.165, 1.54) is 4.31 Å². The lowest BCUT2D eigenvalue weighted by molar-refractivity contribution is -0.152. The first-order valence-electron chi connectivity index (χ1n) is 8.79. The Morgan fingerprint density at radius 3 is 2.46 bits per heavy atom. The Hall–Kier alpha value is -1.15. The Balaban J connectivity index is 1.80. The summed E-state index contributed by atoms with van der Waals surface area (Å²) in [6, 6.07) is -0.736. The summed E-state index contributed by atoms with van der Waals surface area (Å²) < 4.78 is 24.9. The third-order valence-corrected chi connectivity index (χ3v) is 7.10. The van der Waals surface area contributed by atoms with Gasteiger partial charge in [-0.3, -0.25) is 4.79 Å². The summed E-state index contributed by atoms with van der Waals surface area (Å²) in [4.78, 5) is 26.3. The number of carboxylic acid groups (broad SMARTS) is 1. The van der Waals surface area contributed by atoms with E-state index in [1.807, 2.05) is 0 Å². The molecule has 4 atom stereocenters. The van der Waals surface area contributed by atoms with Gasteiger partial charge in [-0.05, 0) is 38.0 Å². The van der Waals surface area contributed by atoms with Gasteiger partial charge in [0.15, 0.2) is 0 Å². The van der Waals surface area contributed by atoms with Crippen molar-refractivity contribution in [2.45, 2.75) is 57.0 Å². The third-order valence-electron chi connectivity index (χ3n) is 5.83. The smallest absolute Gasteiger partial charge is 0.326 e. The highest BCUT2D eigenvalue weighted by Gasteiger charge is 2.49. The molecule has 1 saturated carbocycles. The number of aliphatic carboxylic acids is 1. The van der Waals surface area contributed by atoms with Crippen LogP contribution in [0.4, 0.5) is 0 Å². The average Bonchev–Trinajstić information content (AvgIpc) is 2.93. The molecule has 1 aliphatic carbocycles. The number of nitrogens with zero attached hydrogens (tertiary/aromatic N) is 2. The summed E-state index contributed by atoms with van der Waals surface area (Å²) in [6.07, 6.45) is 6.94. The molecule has 136 valence electrons.